The highest BCUT2D eigenvalue weighted by molar-refractivity contribution is 6.35. The van der Waals surface area contributed by atoms with E-state index in [9.17, 15) is 9.18 Å². The van der Waals surface area contributed by atoms with Crippen molar-refractivity contribution in [3.63, 3.8) is 0 Å². The maximum absolute atomic E-state index is 13.0. The van der Waals surface area contributed by atoms with Gasteiger partial charge in [0.25, 0.3) is 0 Å². The molecule has 92 valence electrons. The van der Waals surface area contributed by atoms with E-state index in [1.54, 1.807) is 19.1 Å². The Balaban J connectivity index is 2.48. The first-order valence-electron chi connectivity index (χ1n) is 5.56. The highest BCUT2D eigenvalue weighted by Crippen LogP contribution is 2.22. The molecule has 0 bridgehead atoms. The van der Waals surface area contributed by atoms with Gasteiger partial charge in [-0.3, -0.25) is 4.79 Å². The van der Waals surface area contributed by atoms with Crippen LogP contribution in [-0.4, -0.2) is 5.78 Å². The van der Waals surface area contributed by atoms with Crippen molar-refractivity contribution in [1.29, 1.82) is 0 Å². The Labute approximate surface area is 110 Å². The van der Waals surface area contributed by atoms with Crippen molar-refractivity contribution in [3.8, 4) is 0 Å². The van der Waals surface area contributed by atoms with Gasteiger partial charge in [-0.15, -0.1) is 0 Å². The van der Waals surface area contributed by atoms with Crippen molar-refractivity contribution in [2.24, 2.45) is 0 Å². The Morgan fingerprint density at radius 2 is 1.72 bits per heavy atom. The van der Waals surface area contributed by atoms with Crippen molar-refractivity contribution in [3.05, 3.63) is 69.5 Å². The van der Waals surface area contributed by atoms with Crippen LogP contribution < -0.4 is 0 Å². The van der Waals surface area contributed by atoms with Gasteiger partial charge in [0.1, 0.15) is 5.82 Å². The molecular weight excluding hydrogens is 251 g/mol. The average Bonchev–Trinajstić information content (AvgIpc) is 2.28. The van der Waals surface area contributed by atoms with Gasteiger partial charge >= 0.3 is 0 Å². The van der Waals surface area contributed by atoms with Gasteiger partial charge in [-0.1, -0.05) is 17.7 Å². The molecule has 0 aliphatic rings. The zero-order valence-electron chi connectivity index (χ0n) is 10.1. The number of carbonyl (C=O) groups excluding carboxylic acids is 1. The monoisotopic (exact) mass is 262 g/mol. The molecule has 2 rings (SSSR count). The minimum absolute atomic E-state index is 0.183. The van der Waals surface area contributed by atoms with Gasteiger partial charge in [0.2, 0.25) is 0 Å². The van der Waals surface area contributed by atoms with Gasteiger partial charge in [-0.2, -0.15) is 0 Å². The maximum Gasteiger partial charge on any atom is 0.194 e. The number of hydrogen-bond acceptors (Lipinski definition) is 1. The van der Waals surface area contributed by atoms with Gasteiger partial charge in [0.05, 0.1) is 5.02 Å². The molecule has 2 aromatic rings. The standard InChI is InChI=1S/C15H12ClFO/c1-9-3-5-13(14(16)7-9)15(18)12-6-4-11(17)8-10(12)2/h3-8H,1-2H3. The third-order valence-electron chi connectivity index (χ3n) is 2.80. The molecule has 0 saturated heterocycles. The lowest BCUT2D eigenvalue weighted by Crippen LogP contribution is -2.05. The average molecular weight is 263 g/mol. The van der Waals surface area contributed by atoms with E-state index in [4.69, 9.17) is 11.6 Å². The minimum atomic E-state index is -0.348. The molecule has 0 atom stereocenters. The fraction of sp³-hybridized carbons (Fsp3) is 0.133. The highest BCUT2D eigenvalue weighted by Gasteiger charge is 2.15. The van der Waals surface area contributed by atoms with Crippen molar-refractivity contribution in [1.82, 2.24) is 0 Å². The number of aryl methyl sites for hydroxylation is 2. The molecule has 0 unspecified atom stereocenters. The van der Waals surface area contributed by atoms with E-state index in [0.717, 1.165) is 5.56 Å². The summed E-state index contributed by atoms with van der Waals surface area (Å²) in [5.41, 5.74) is 2.52. The first-order chi connectivity index (χ1) is 8.49. The molecular formula is C15H12ClFO. The molecule has 3 heteroatoms. The Morgan fingerprint density at radius 1 is 1.06 bits per heavy atom. The van der Waals surface area contributed by atoms with E-state index in [1.165, 1.54) is 18.2 Å². The zero-order chi connectivity index (χ0) is 13.3. The van der Waals surface area contributed by atoms with Crippen LogP contribution in [0.15, 0.2) is 36.4 Å². The number of benzene rings is 2. The predicted octanol–water partition coefficient (Wildman–Crippen LogP) is 4.33. The third kappa shape index (κ3) is 2.44. The largest absolute Gasteiger partial charge is 0.289 e. The second-order valence-electron chi connectivity index (χ2n) is 4.27. The number of halogens is 2. The van der Waals surface area contributed by atoms with E-state index >= 15 is 0 Å². The van der Waals surface area contributed by atoms with E-state index in [1.807, 2.05) is 13.0 Å². The first kappa shape index (κ1) is 12.8. The fourth-order valence-electron chi connectivity index (χ4n) is 1.83. The summed E-state index contributed by atoms with van der Waals surface area (Å²) in [5.74, 6) is -0.531. The van der Waals surface area contributed by atoms with Gasteiger partial charge < -0.3 is 0 Å². The molecule has 1 nitrogen and oxygen atoms in total. The molecule has 0 heterocycles. The van der Waals surface area contributed by atoms with Crippen LogP contribution in [0.4, 0.5) is 4.39 Å². The lowest BCUT2D eigenvalue weighted by atomic mass is 9.98. The van der Waals surface area contributed by atoms with E-state index in [2.05, 4.69) is 0 Å². The van der Waals surface area contributed by atoms with Crippen LogP contribution in [0.5, 0.6) is 0 Å². The van der Waals surface area contributed by atoms with Gasteiger partial charge in [0, 0.05) is 11.1 Å². The zero-order valence-corrected chi connectivity index (χ0v) is 10.9. The minimum Gasteiger partial charge on any atom is -0.289 e. The quantitative estimate of drug-likeness (QED) is 0.737. The van der Waals surface area contributed by atoms with E-state index < -0.39 is 0 Å². The second-order valence-corrected chi connectivity index (χ2v) is 4.68. The molecule has 0 aliphatic heterocycles. The van der Waals surface area contributed by atoms with Gasteiger partial charge in [-0.05, 0) is 55.3 Å². The third-order valence-corrected chi connectivity index (χ3v) is 3.12. The SMILES string of the molecule is Cc1ccc(C(=O)c2ccc(F)cc2C)c(Cl)c1. The Hall–Kier alpha value is -1.67. The maximum atomic E-state index is 13.0. The summed E-state index contributed by atoms with van der Waals surface area (Å²) >= 11 is 6.06. The number of carbonyl (C=O) groups is 1. The second kappa shape index (κ2) is 4.91. The molecule has 2 aromatic carbocycles. The van der Waals surface area contributed by atoms with Gasteiger partial charge in [0.15, 0.2) is 5.78 Å². The summed E-state index contributed by atoms with van der Waals surface area (Å²) in [6, 6.07) is 9.38. The summed E-state index contributed by atoms with van der Waals surface area (Å²) in [6.07, 6.45) is 0. The molecule has 0 radical (unpaired) electrons. The Kier molecular flexibility index (Phi) is 3.48. The summed E-state index contributed by atoms with van der Waals surface area (Å²) in [7, 11) is 0. The summed E-state index contributed by atoms with van der Waals surface area (Å²) in [4.78, 5) is 12.3. The molecule has 0 fully saturated rings. The lowest BCUT2D eigenvalue weighted by molar-refractivity contribution is 0.103. The van der Waals surface area contributed by atoms with E-state index in [0.29, 0.717) is 21.7 Å². The van der Waals surface area contributed by atoms with Crippen LogP contribution in [0.3, 0.4) is 0 Å². The fourth-order valence-corrected chi connectivity index (χ4v) is 2.15. The molecule has 0 aliphatic carbocycles. The normalized spacial score (nSPS) is 10.4. The summed E-state index contributed by atoms with van der Waals surface area (Å²) < 4.78 is 13.0. The smallest absolute Gasteiger partial charge is 0.194 e. The van der Waals surface area contributed by atoms with Crippen molar-refractivity contribution < 1.29 is 9.18 Å². The number of ketones is 1. The summed E-state index contributed by atoms with van der Waals surface area (Å²) in [5, 5.41) is 0.420. The lowest BCUT2D eigenvalue weighted by Gasteiger charge is -2.07. The van der Waals surface area contributed by atoms with Crippen molar-refractivity contribution >= 4 is 17.4 Å². The predicted molar refractivity (Wildman–Crippen MR) is 70.8 cm³/mol. The summed E-state index contributed by atoms with van der Waals surface area (Å²) in [6.45, 7) is 3.61. The molecule has 0 spiro atoms. The van der Waals surface area contributed by atoms with Crippen LogP contribution in [0.1, 0.15) is 27.0 Å². The molecule has 18 heavy (non-hydrogen) atoms. The highest BCUT2D eigenvalue weighted by atomic mass is 35.5. The van der Waals surface area contributed by atoms with Crippen molar-refractivity contribution in [2.75, 3.05) is 0 Å². The van der Waals surface area contributed by atoms with Crippen LogP contribution in [-0.2, 0) is 0 Å². The van der Waals surface area contributed by atoms with Crippen LogP contribution in [0, 0.1) is 19.7 Å². The first-order valence-corrected chi connectivity index (χ1v) is 5.94. The molecule has 0 saturated carbocycles. The van der Waals surface area contributed by atoms with Crippen LogP contribution in [0.25, 0.3) is 0 Å². The topological polar surface area (TPSA) is 17.1 Å². The van der Waals surface area contributed by atoms with Crippen LogP contribution in [0.2, 0.25) is 5.02 Å². The van der Waals surface area contributed by atoms with Gasteiger partial charge in [-0.25, -0.2) is 4.39 Å². The Morgan fingerprint density at radius 3 is 2.33 bits per heavy atom. The molecule has 0 amide bonds. The van der Waals surface area contributed by atoms with Crippen LogP contribution >= 0.6 is 11.6 Å². The van der Waals surface area contributed by atoms with E-state index in [-0.39, 0.29) is 11.6 Å². The number of hydrogen-bond donors (Lipinski definition) is 0. The molecule has 0 aromatic heterocycles. The molecule has 0 N–H and O–H groups in total. The number of rotatable bonds is 2. The Bertz CT molecular complexity index is 566. The van der Waals surface area contributed by atoms with Crippen molar-refractivity contribution in [2.45, 2.75) is 13.8 Å².